The molecule has 2 rings (SSSR count). The minimum Gasteiger partial charge on any atom is -0.478 e. The highest BCUT2D eigenvalue weighted by atomic mass is 35.5. The van der Waals surface area contributed by atoms with Crippen molar-refractivity contribution in [1.29, 1.82) is 0 Å². The van der Waals surface area contributed by atoms with Crippen molar-refractivity contribution < 1.29 is 14.6 Å². The molecular formula is C15H13ClO3S. The summed E-state index contributed by atoms with van der Waals surface area (Å²) in [6.45, 7) is 1.97. The predicted octanol–water partition coefficient (Wildman–Crippen LogP) is 4.94. The summed E-state index contributed by atoms with van der Waals surface area (Å²) in [5, 5.41) is 9.84. The Morgan fingerprint density at radius 2 is 1.90 bits per heavy atom. The van der Waals surface area contributed by atoms with Gasteiger partial charge in [0.1, 0.15) is 17.1 Å². The van der Waals surface area contributed by atoms with Gasteiger partial charge in [-0.15, -0.1) is 11.8 Å². The molecule has 0 heterocycles. The van der Waals surface area contributed by atoms with E-state index in [1.165, 1.54) is 11.8 Å². The molecule has 0 aromatic heterocycles. The van der Waals surface area contributed by atoms with E-state index in [4.69, 9.17) is 16.3 Å². The van der Waals surface area contributed by atoms with Crippen LogP contribution >= 0.6 is 23.4 Å². The van der Waals surface area contributed by atoms with Gasteiger partial charge in [-0.25, -0.2) is 4.79 Å². The van der Waals surface area contributed by atoms with Crippen LogP contribution in [0.2, 0.25) is 5.02 Å². The highest BCUT2D eigenvalue weighted by Crippen LogP contribution is 2.35. The van der Waals surface area contributed by atoms with Gasteiger partial charge >= 0.3 is 5.97 Å². The Morgan fingerprint density at radius 3 is 2.55 bits per heavy atom. The molecule has 0 fully saturated rings. The first-order valence-electron chi connectivity index (χ1n) is 6.05. The Hall–Kier alpha value is -1.65. The quantitative estimate of drug-likeness (QED) is 0.794. The van der Waals surface area contributed by atoms with E-state index >= 15 is 0 Å². The summed E-state index contributed by atoms with van der Waals surface area (Å²) in [5.41, 5.74) is 0.166. The smallest absolute Gasteiger partial charge is 0.340 e. The predicted molar refractivity (Wildman–Crippen MR) is 81.3 cm³/mol. The van der Waals surface area contributed by atoms with E-state index in [1.807, 2.05) is 6.92 Å². The fraction of sp³-hybridized carbons (Fsp3) is 0.133. The van der Waals surface area contributed by atoms with Gasteiger partial charge in [-0.05, 0) is 30.0 Å². The maximum absolute atomic E-state index is 11.5. The summed E-state index contributed by atoms with van der Waals surface area (Å²) in [6, 6.07) is 12.2. The number of hydrogen-bond acceptors (Lipinski definition) is 3. The van der Waals surface area contributed by atoms with Gasteiger partial charge in [0.25, 0.3) is 0 Å². The second-order valence-electron chi connectivity index (χ2n) is 3.90. The lowest BCUT2D eigenvalue weighted by atomic mass is 10.2. The Kier molecular flexibility index (Phi) is 4.93. The zero-order valence-corrected chi connectivity index (χ0v) is 12.4. The fourth-order valence-corrected chi connectivity index (χ4v) is 2.72. The third-order valence-electron chi connectivity index (χ3n) is 2.56. The van der Waals surface area contributed by atoms with Gasteiger partial charge in [0.2, 0.25) is 0 Å². The van der Waals surface area contributed by atoms with Crippen molar-refractivity contribution in [2.45, 2.75) is 11.8 Å². The van der Waals surface area contributed by atoms with Crippen LogP contribution in [0.5, 0.6) is 11.5 Å². The lowest BCUT2D eigenvalue weighted by Crippen LogP contribution is -2.02. The summed E-state index contributed by atoms with van der Waals surface area (Å²) >= 11 is 7.49. The van der Waals surface area contributed by atoms with Gasteiger partial charge in [-0.1, -0.05) is 36.7 Å². The second kappa shape index (κ2) is 6.68. The lowest BCUT2D eigenvalue weighted by Gasteiger charge is -2.12. The molecule has 2 aromatic rings. The van der Waals surface area contributed by atoms with E-state index in [2.05, 4.69) is 0 Å². The number of para-hydroxylation sites is 1. The number of ether oxygens (including phenoxy) is 1. The number of carboxylic acids is 1. The molecule has 0 aliphatic heterocycles. The van der Waals surface area contributed by atoms with Gasteiger partial charge in [-0.3, -0.25) is 0 Å². The van der Waals surface area contributed by atoms with Crippen molar-refractivity contribution in [2.24, 2.45) is 0 Å². The Labute approximate surface area is 126 Å². The zero-order chi connectivity index (χ0) is 14.5. The number of halogens is 1. The molecule has 1 N–H and O–H groups in total. The van der Waals surface area contributed by atoms with E-state index in [0.717, 1.165) is 5.75 Å². The largest absolute Gasteiger partial charge is 0.478 e. The first-order chi connectivity index (χ1) is 9.63. The van der Waals surface area contributed by atoms with Crippen molar-refractivity contribution in [3.05, 3.63) is 53.1 Å². The molecule has 0 saturated heterocycles. The third kappa shape index (κ3) is 3.26. The zero-order valence-electron chi connectivity index (χ0n) is 10.8. The SMILES string of the molecule is CCSc1cccc(Oc2ccccc2Cl)c1C(=O)O. The van der Waals surface area contributed by atoms with Crippen LogP contribution in [-0.4, -0.2) is 16.8 Å². The molecule has 2 aromatic carbocycles. The molecule has 20 heavy (non-hydrogen) atoms. The van der Waals surface area contributed by atoms with Crippen molar-refractivity contribution in [1.82, 2.24) is 0 Å². The van der Waals surface area contributed by atoms with Crippen molar-refractivity contribution >= 4 is 29.3 Å². The van der Waals surface area contributed by atoms with E-state index in [0.29, 0.717) is 21.4 Å². The monoisotopic (exact) mass is 308 g/mol. The van der Waals surface area contributed by atoms with Crippen molar-refractivity contribution in [3.8, 4) is 11.5 Å². The molecule has 0 saturated carbocycles. The van der Waals surface area contributed by atoms with Gasteiger partial charge in [-0.2, -0.15) is 0 Å². The first-order valence-corrected chi connectivity index (χ1v) is 7.41. The maximum atomic E-state index is 11.5. The molecule has 0 bridgehead atoms. The third-order valence-corrected chi connectivity index (χ3v) is 3.81. The van der Waals surface area contributed by atoms with Crippen LogP contribution < -0.4 is 4.74 Å². The Bertz CT molecular complexity index is 628. The normalized spacial score (nSPS) is 10.3. The van der Waals surface area contributed by atoms with Crippen LogP contribution in [0.3, 0.4) is 0 Å². The van der Waals surface area contributed by atoms with Crippen LogP contribution in [0.25, 0.3) is 0 Å². The molecular weight excluding hydrogens is 296 g/mol. The molecule has 0 aliphatic rings. The lowest BCUT2D eigenvalue weighted by molar-refractivity contribution is 0.0690. The molecule has 0 amide bonds. The summed E-state index contributed by atoms with van der Waals surface area (Å²) in [7, 11) is 0. The van der Waals surface area contributed by atoms with Crippen LogP contribution in [0, 0.1) is 0 Å². The van der Waals surface area contributed by atoms with Crippen molar-refractivity contribution in [2.75, 3.05) is 5.75 Å². The molecule has 5 heteroatoms. The van der Waals surface area contributed by atoms with Gasteiger partial charge in [0.15, 0.2) is 0 Å². The van der Waals surface area contributed by atoms with Crippen LogP contribution in [0.15, 0.2) is 47.4 Å². The second-order valence-corrected chi connectivity index (χ2v) is 5.61. The molecule has 0 aliphatic carbocycles. The summed E-state index contributed by atoms with van der Waals surface area (Å²) in [5.74, 6) is 0.512. The van der Waals surface area contributed by atoms with Gasteiger partial charge in [0.05, 0.1) is 5.02 Å². The van der Waals surface area contributed by atoms with Gasteiger partial charge < -0.3 is 9.84 Å². The topological polar surface area (TPSA) is 46.5 Å². The Morgan fingerprint density at radius 1 is 1.20 bits per heavy atom. The molecule has 104 valence electrons. The number of aromatic carboxylic acids is 1. The molecule has 0 atom stereocenters. The molecule has 3 nitrogen and oxygen atoms in total. The van der Waals surface area contributed by atoms with Crippen LogP contribution in [-0.2, 0) is 0 Å². The average molecular weight is 309 g/mol. The molecule has 0 unspecified atom stereocenters. The minimum absolute atomic E-state index is 0.166. The number of carbonyl (C=O) groups is 1. The van der Waals surface area contributed by atoms with Crippen LogP contribution in [0.4, 0.5) is 0 Å². The van der Waals surface area contributed by atoms with Crippen molar-refractivity contribution in [3.63, 3.8) is 0 Å². The van der Waals surface area contributed by atoms with Gasteiger partial charge in [0, 0.05) is 4.90 Å². The summed E-state index contributed by atoms with van der Waals surface area (Å²) < 4.78 is 5.66. The maximum Gasteiger partial charge on any atom is 0.340 e. The Balaban J connectivity index is 2.44. The standard InChI is InChI=1S/C15H13ClO3S/c1-2-20-13-9-5-8-12(14(13)15(17)18)19-11-7-4-3-6-10(11)16/h3-9H,2H2,1H3,(H,17,18). The average Bonchev–Trinajstić information content (AvgIpc) is 2.41. The van der Waals surface area contributed by atoms with E-state index < -0.39 is 5.97 Å². The number of benzene rings is 2. The number of thioether (sulfide) groups is 1. The van der Waals surface area contributed by atoms with E-state index in [9.17, 15) is 9.90 Å². The number of rotatable bonds is 5. The highest BCUT2D eigenvalue weighted by molar-refractivity contribution is 7.99. The molecule has 0 radical (unpaired) electrons. The van der Waals surface area contributed by atoms with E-state index in [1.54, 1.807) is 42.5 Å². The van der Waals surface area contributed by atoms with Crippen LogP contribution in [0.1, 0.15) is 17.3 Å². The first kappa shape index (κ1) is 14.8. The minimum atomic E-state index is -1.01. The fourth-order valence-electron chi connectivity index (χ4n) is 1.73. The highest BCUT2D eigenvalue weighted by Gasteiger charge is 2.17. The number of carboxylic acid groups (broad SMARTS) is 1. The molecule has 0 spiro atoms. The van der Waals surface area contributed by atoms with E-state index in [-0.39, 0.29) is 5.56 Å². The summed E-state index contributed by atoms with van der Waals surface area (Å²) in [6.07, 6.45) is 0. The summed E-state index contributed by atoms with van der Waals surface area (Å²) in [4.78, 5) is 12.2. The number of hydrogen-bond donors (Lipinski definition) is 1.